The average Bonchev–Trinajstić information content (AvgIpc) is 3.35. The van der Waals surface area contributed by atoms with Gasteiger partial charge in [0.2, 0.25) is 0 Å². The SMILES string of the molecule is CC(C)c1ccc(-c2ccc3c(c2)c2cc4ccccc4c4c5ccccc5n3c24)cc1. The van der Waals surface area contributed by atoms with Crippen LogP contribution in [0.5, 0.6) is 0 Å². The molecule has 7 aromatic rings. The highest BCUT2D eigenvalue weighted by Crippen LogP contribution is 2.43. The van der Waals surface area contributed by atoms with Crippen LogP contribution in [0.3, 0.4) is 0 Å². The van der Waals surface area contributed by atoms with E-state index in [2.05, 4.69) is 115 Å². The fraction of sp³-hybridized carbons (Fsp3) is 0.0968. The molecule has 0 aliphatic heterocycles. The number of aromatic nitrogens is 1. The summed E-state index contributed by atoms with van der Waals surface area (Å²) < 4.78 is 2.47. The topological polar surface area (TPSA) is 4.41 Å². The summed E-state index contributed by atoms with van der Waals surface area (Å²) in [7, 11) is 0. The van der Waals surface area contributed by atoms with Gasteiger partial charge in [0.25, 0.3) is 0 Å². The molecule has 0 spiro atoms. The molecular formula is C31H23N. The van der Waals surface area contributed by atoms with E-state index in [0.29, 0.717) is 5.92 Å². The first-order chi connectivity index (χ1) is 15.7. The highest BCUT2D eigenvalue weighted by molar-refractivity contribution is 6.31. The second-order valence-electron chi connectivity index (χ2n) is 9.23. The minimum Gasteiger partial charge on any atom is -0.308 e. The van der Waals surface area contributed by atoms with Gasteiger partial charge in [-0.15, -0.1) is 0 Å². The van der Waals surface area contributed by atoms with Crippen LogP contribution < -0.4 is 0 Å². The number of para-hydroxylation sites is 1. The van der Waals surface area contributed by atoms with Gasteiger partial charge in [0, 0.05) is 21.5 Å². The van der Waals surface area contributed by atoms with Crippen LogP contribution in [0, 0.1) is 0 Å². The van der Waals surface area contributed by atoms with Gasteiger partial charge in [-0.1, -0.05) is 86.6 Å². The van der Waals surface area contributed by atoms with Crippen LogP contribution >= 0.6 is 0 Å². The maximum absolute atomic E-state index is 2.47. The number of benzene rings is 5. The van der Waals surface area contributed by atoms with Gasteiger partial charge in [-0.2, -0.15) is 0 Å². The van der Waals surface area contributed by atoms with Gasteiger partial charge in [-0.05, 0) is 57.6 Å². The van der Waals surface area contributed by atoms with Crippen LogP contribution in [-0.4, -0.2) is 4.40 Å². The molecule has 2 aromatic heterocycles. The maximum Gasteiger partial charge on any atom is 0.0626 e. The zero-order chi connectivity index (χ0) is 21.4. The molecule has 0 saturated heterocycles. The molecule has 1 heteroatoms. The Morgan fingerprint density at radius 3 is 2.06 bits per heavy atom. The van der Waals surface area contributed by atoms with E-state index in [-0.39, 0.29) is 0 Å². The molecule has 2 heterocycles. The maximum atomic E-state index is 2.47. The Balaban J connectivity index is 1.61. The lowest BCUT2D eigenvalue weighted by Gasteiger charge is -2.08. The third kappa shape index (κ3) is 2.28. The lowest BCUT2D eigenvalue weighted by molar-refractivity contribution is 0.867. The summed E-state index contributed by atoms with van der Waals surface area (Å²) in [6, 6.07) is 36.0. The van der Waals surface area contributed by atoms with Crippen molar-refractivity contribution in [2.75, 3.05) is 0 Å². The smallest absolute Gasteiger partial charge is 0.0626 e. The molecule has 0 aliphatic carbocycles. The van der Waals surface area contributed by atoms with Crippen LogP contribution in [0.4, 0.5) is 0 Å². The summed E-state index contributed by atoms with van der Waals surface area (Å²) >= 11 is 0. The van der Waals surface area contributed by atoms with Crippen LogP contribution in [0.15, 0.2) is 97.1 Å². The van der Waals surface area contributed by atoms with Crippen molar-refractivity contribution in [1.82, 2.24) is 4.40 Å². The molecule has 0 atom stereocenters. The molecule has 0 radical (unpaired) electrons. The van der Waals surface area contributed by atoms with Crippen molar-refractivity contribution in [2.24, 2.45) is 0 Å². The van der Waals surface area contributed by atoms with Crippen LogP contribution in [-0.2, 0) is 0 Å². The third-order valence-electron chi connectivity index (χ3n) is 7.10. The highest BCUT2D eigenvalue weighted by atomic mass is 14.9. The molecule has 0 fully saturated rings. The van der Waals surface area contributed by atoms with E-state index >= 15 is 0 Å². The van der Waals surface area contributed by atoms with Crippen molar-refractivity contribution in [1.29, 1.82) is 0 Å². The highest BCUT2D eigenvalue weighted by Gasteiger charge is 2.19. The zero-order valence-corrected chi connectivity index (χ0v) is 18.3. The Bertz CT molecular complexity index is 1780. The van der Waals surface area contributed by atoms with E-state index in [0.717, 1.165) is 0 Å². The Labute approximate surface area is 186 Å². The molecule has 0 aliphatic rings. The normalized spacial score (nSPS) is 12.3. The minimum atomic E-state index is 0.550. The summed E-state index contributed by atoms with van der Waals surface area (Å²) in [5, 5.41) is 8.00. The van der Waals surface area contributed by atoms with Crippen molar-refractivity contribution in [3.05, 3.63) is 103 Å². The monoisotopic (exact) mass is 409 g/mol. The van der Waals surface area contributed by atoms with E-state index < -0.39 is 0 Å². The van der Waals surface area contributed by atoms with Gasteiger partial charge < -0.3 is 4.40 Å². The predicted octanol–water partition coefficient (Wildman–Crippen LogP) is 8.78. The van der Waals surface area contributed by atoms with E-state index in [9.17, 15) is 0 Å². The number of fused-ring (bicyclic) bond motifs is 8. The molecule has 1 nitrogen and oxygen atoms in total. The summed E-state index contributed by atoms with van der Waals surface area (Å²) in [6.07, 6.45) is 0. The van der Waals surface area contributed by atoms with Crippen molar-refractivity contribution in [3.8, 4) is 11.1 Å². The molecule has 152 valence electrons. The van der Waals surface area contributed by atoms with Crippen molar-refractivity contribution < 1.29 is 0 Å². The van der Waals surface area contributed by atoms with Crippen LogP contribution in [0.25, 0.3) is 60.0 Å². The molecule has 0 saturated carbocycles. The Kier molecular flexibility index (Phi) is 3.52. The van der Waals surface area contributed by atoms with Gasteiger partial charge in [-0.25, -0.2) is 0 Å². The second kappa shape index (κ2) is 6.34. The first-order valence-corrected chi connectivity index (χ1v) is 11.4. The summed E-state index contributed by atoms with van der Waals surface area (Å²) in [4.78, 5) is 0. The van der Waals surface area contributed by atoms with E-state index in [1.165, 1.54) is 65.6 Å². The quantitative estimate of drug-likeness (QED) is 0.269. The van der Waals surface area contributed by atoms with E-state index in [1.807, 2.05) is 0 Å². The lowest BCUT2D eigenvalue weighted by atomic mass is 9.97. The van der Waals surface area contributed by atoms with Crippen LogP contribution in [0.1, 0.15) is 25.3 Å². The number of hydrogen-bond acceptors (Lipinski definition) is 0. The molecule has 7 rings (SSSR count). The van der Waals surface area contributed by atoms with E-state index in [1.54, 1.807) is 0 Å². The second-order valence-corrected chi connectivity index (χ2v) is 9.23. The molecular weight excluding hydrogens is 386 g/mol. The first kappa shape index (κ1) is 17.8. The molecule has 0 N–H and O–H groups in total. The fourth-order valence-corrected chi connectivity index (χ4v) is 5.48. The van der Waals surface area contributed by atoms with Gasteiger partial charge >= 0.3 is 0 Å². The molecule has 32 heavy (non-hydrogen) atoms. The van der Waals surface area contributed by atoms with Crippen LogP contribution in [0.2, 0.25) is 0 Å². The summed E-state index contributed by atoms with van der Waals surface area (Å²) in [5.74, 6) is 0.550. The minimum absolute atomic E-state index is 0.550. The zero-order valence-electron chi connectivity index (χ0n) is 18.3. The standard InChI is InChI=1S/C31H23N/c1-19(2)20-11-13-21(14-12-20)22-15-16-29-26(17-22)27-18-23-7-3-4-8-24(23)30-25-9-5-6-10-28(25)32(29)31(27)30/h3-19H,1-2H3. The van der Waals surface area contributed by atoms with Gasteiger partial charge in [0.05, 0.1) is 16.6 Å². The van der Waals surface area contributed by atoms with Crippen molar-refractivity contribution in [2.45, 2.75) is 19.8 Å². The van der Waals surface area contributed by atoms with Gasteiger partial charge in [-0.3, -0.25) is 0 Å². The molecule has 0 amide bonds. The van der Waals surface area contributed by atoms with Gasteiger partial charge in [0.15, 0.2) is 0 Å². The molecule has 0 unspecified atom stereocenters. The molecule has 0 bridgehead atoms. The first-order valence-electron chi connectivity index (χ1n) is 11.4. The lowest BCUT2D eigenvalue weighted by Crippen LogP contribution is -1.87. The predicted molar refractivity (Wildman–Crippen MR) is 138 cm³/mol. The third-order valence-corrected chi connectivity index (χ3v) is 7.10. The summed E-state index contributed by atoms with van der Waals surface area (Å²) in [5.41, 5.74) is 7.84. The molecule has 5 aromatic carbocycles. The number of rotatable bonds is 2. The van der Waals surface area contributed by atoms with Crippen molar-refractivity contribution in [3.63, 3.8) is 0 Å². The number of nitrogens with zero attached hydrogens (tertiary/aromatic N) is 1. The van der Waals surface area contributed by atoms with Gasteiger partial charge in [0.1, 0.15) is 0 Å². The summed E-state index contributed by atoms with van der Waals surface area (Å²) in [6.45, 7) is 4.49. The Morgan fingerprint density at radius 1 is 0.562 bits per heavy atom. The largest absolute Gasteiger partial charge is 0.308 e. The van der Waals surface area contributed by atoms with Crippen molar-refractivity contribution >= 4 is 48.9 Å². The van der Waals surface area contributed by atoms with E-state index in [4.69, 9.17) is 0 Å². The Hall–Kier alpha value is -3.84. The number of hydrogen-bond donors (Lipinski definition) is 0. The average molecular weight is 410 g/mol. The fourth-order valence-electron chi connectivity index (χ4n) is 5.48. The Morgan fingerprint density at radius 2 is 1.25 bits per heavy atom.